The first-order valence-electron chi connectivity index (χ1n) is 6.72. The third-order valence-corrected chi connectivity index (χ3v) is 4.42. The molecule has 0 fully saturated rings. The third-order valence-electron chi connectivity index (χ3n) is 3.22. The van der Waals surface area contributed by atoms with Gasteiger partial charge in [0.2, 0.25) is 0 Å². The molecule has 0 saturated carbocycles. The van der Waals surface area contributed by atoms with E-state index in [1.807, 2.05) is 36.0 Å². The summed E-state index contributed by atoms with van der Waals surface area (Å²) in [6, 6.07) is 14.4. The number of rotatable bonds is 6. The molecule has 106 valence electrons. The molecule has 2 aromatic rings. The molecule has 1 aromatic carbocycles. The minimum absolute atomic E-state index is 0.105. The summed E-state index contributed by atoms with van der Waals surface area (Å²) in [5.41, 5.74) is 2.18. The van der Waals surface area contributed by atoms with E-state index < -0.39 is 0 Å². The van der Waals surface area contributed by atoms with Crippen LogP contribution in [0, 0.1) is 28.6 Å². The molecule has 0 aliphatic carbocycles. The zero-order chi connectivity index (χ0) is 15.1. The van der Waals surface area contributed by atoms with E-state index in [-0.39, 0.29) is 5.92 Å². The van der Waals surface area contributed by atoms with E-state index in [4.69, 9.17) is 10.5 Å². The molecule has 0 saturated heterocycles. The Hall–Kier alpha value is -2.24. The van der Waals surface area contributed by atoms with Crippen LogP contribution in [0.2, 0.25) is 0 Å². The van der Waals surface area contributed by atoms with Gasteiger partial charge in [0.15, 0.2) is 5.16 Å². The molecule has 5 heteroatoms. The van der Waals surface area contributed by atoms with Crippen molar-refractivity contribution in [3.8, 4) is 23.4 Å². The van der Waals surface area contributed by atoms with Crippen molar-refractivity contribution in [3.63, 3.8) is 0 Å². The van der Waals surface area contributed by atoms with Crippen molar-refractivity contribution in [3.05, 3.63) is 36.5 Å². The van der Waals surface area contributed by atoms with Crippen LogP contribution in [0.25, 0.3) is 11.3 Å². The van der Waals surface area contributed by atoms with Crippen molar-refractivity contribution in [1.82, 2.24) is 9.55 Å². The van der Waals surface area contributed by atoms with Crippen molar-refractivity contribution in [2.75, 3.05) is 5.75 Å². The summed E-state index contributed by atoms with van der Waals surface area (Å²) in [7, 11) is 1.98. The van der Waals surface area contributed by atoms with Gasteiger partial charge in [0, 0.05) is 19.2 Å². The summed E-state index contributed by atoms with van der Waals surface area (Å²) >= 11 is 1.57. The summed E-state index contributed by atoms with van der Waals surface area (Å²) in [5.74, 6) is 0.559. The number of aromatic nitrogens is 2. The first-order valence-corrected chi connectivity index (χ1v) is 7.71. The Morgan fingerprint density at radius 1 is 1.29 bits per heavy atom. The second kappa shape index (κ2) is 7.52. The Morgan fingerprint density at radius 2 is 2.05 bits per heavy atom. The molecule has 0 spiro atoms. The minimum Gasteiger partial charge on any atom is -0.322 e. The fourth-order valence-electron chi connectivity index (χ4n) is 2.00. The third kappa shape index (κ3) is 3.87. The Balaban J connectivity index is 2.05. The number of nitriles is 2. The lowest BCUT2D eigenvalue weighted by Gasteiger charge is -2.08. The summed E-state index contributed by atoms with van der Waals surface area (Å²) in [5, 5.41) is 18.6. The lowest BCUT2D eigenvalue weighted by molar-refractivity contribution is 0.682. The van der Waals surface area contributed by atoms with Gasteiger partial charge >= 0.3 is 0 Å². The highest BCUT2D eigenvalue weighted by atomic mass is 32.2. The first-order chi connectivity index (χ1) is 10.3. The van der Waals surface area contributed by atoms with Crippen LogP contribution in [-0.2, 0) is 7.05 Å². The zero-order valence-electron chi connectivity index (χ0n) is 11.9. The summed E-state index contributed by atoms with van der Waals surface area (Å²) in [4.78, 5) is 4.43. The predicted molar refractivity (Wildman–Crippen MR) is 83.3 cm³/mol. The molecule has 0 aliphatic rings. The van der Waals surface area contributed by atoms with Gasteiger partial charge in [0.1, 0.15) is 0 Å². The van der Waals surface area contributed by atoms with Crippen LogP contribution in [-0.4, -0.2) is 15.3 Å². The second-order valence-electron chi connectivity index (χ2n) is 4.68. The fraction of sp³-hybridized carbons (Fsp3) is 0.312. The van der Waals surface area contributed by atoms with Crippen LogP contribution in [0.1, 0.15) is 12.8 Å². The lowest BCUT2D eigenvalue weighted by Crippen LogP contribution is -2.02. The maximum atomic E-state index is 9.08. The van der Waals surface area contributed by atoms with Gasteiger partial charge in [-0.25, -0.2) is 4.98 Å². The highest BCUT2D eigenvalue weighted by Crippen LogP contribution is 2.26. The zero-order valence-corrected chi connectivity index (χ0v) is 12.7. The Kier molecular flexibility index (Phi) is 5.43. The molecule has 1 atom stereocenters. The molecule has 0 unspecified atom stereocenters. The van der Waals surface area contributed by atoms with Crippen LogP contribution in [0.15, 0.2) is 41.7 Å². The fourth-order valence-corrected chi connectivity index (χ4v) is 3.01. The Labute approximate surface area is 129 Å². The average molecular weight is 296 g/mol. The molecule has 0 aliphatic heterocycles. The van der Waals surface area contributed by atoms with Gasteiger partial charge in [-0.15, -0.1) is 0 Å². The molecule has 4 nitrogen and oxygen atoms in total. The van der Waals surface area contributed by atoms with E-state index in [0.717, 1.165) is 16.4 Å². The van der Waals surface area contributed by atoms with E-state index in [0.29, 0.717) is 18.6 Å². The van der Waals surface area contributed by atoms with Crippen LogP contribution >= 0.6 is 11.8 Å². The topological polar surface area (TPSA) is 65.4 Å². The quantitative estimate of drug-likeness (QED) is 0.764. The van der Waals surface area contributed by atoms with E-state index in [1.54, 1.807) is 11.8 Å². The van der Waals surface area contributed by atoms with Crippen molar-refractivity contribution in [2.24, 2.45) is 13.0 Å². The Bertz CT molecular complexity index is 664. The maximum Gasteiger partial charge on any atom is 0.168 e. The smallest absolute Gasteiger partial charge is 0.168 e. The van der Waals surface area contributed by atoms with Crippen LogP contribution in [0.5, 0.6) is 0 Å². The number of imidazole rings is 1. The van der Waals surface area contributed by atoms with Gasteiger partial charge in [-0.05, 0) is 12.0 Å². The number of nitrogens with zero attached hydrogens (tertiary/aromatic N) is 4. The average Bonchev–Trinajstić information content (AvgIpc) is 2.89. The molecule has 1 heterocycles. The summed E-state index contributed by atoms with van der Waals surface area (Å²) in [6.07, 6.45) is 2.90. The van der Waals surface area contributed by atoms with Gasteiger partial charge in [-0.2, -0.15) is 10.5 Å². The van der Waals surface area contributed by atoms with Crippen LogP contribution in [0.4, 0.5) is 0 Å². The van der Waals surface area contributed by atoms with Crippen molar-refractivity contribution in [1.29, 1.82) is 10.5 Å². The van der Waals surface area contributed by atoms with Crippen molar-refractivity contribution < 1.29 is 0 Å². The molecular formula is C16H16N4S. The largest absolute Gasteiger partial charge is 0.322 e. The summed E-state index contributed by atoms with van der Waals surface area (Å²) in [6.45, 7) is 0. The predicted octanol–water partition coefficient (Wildman–Crippen LogP) is 3.62. The van der Waals surface area contributed by atoms with Gasteiger partial charge in [0.05, 0.1) is 29.9 Å². The first kappa shape index (κ1) is 15.2. The molecule has 21 heavy (non-hydrogen) atoms. The maximum absolute atomic E-state index is 9.08. The van der Waals surface area contributed by atoms with Gasteiger partial charge in [-0.3, -0.25) is 0 Å². The van der Waals surface area contributed by atoms with Crippen LogP contribution < -0.4 is 0 Å². The molecule has 0 bridgehead atoms. The molecule has 1 aromatic heterocycles. The second-order valence-corrected chi connectivity index (χ2v) is 5.67. The van der Waals surface area contributed by atoms with Gasteiger partial charge in [0.25, 0.3) is 0 Å². The van der Waals surface area contributed by atoms with E-state index >= 15 is 0 Å². The standard InChI is InChI=1S/C16H16N4S/c1-20-15(14-7-3-2-4-8-14)11-19-16(20)21-12-13(10-18)6-5-9-17/h2-4,7-8,11,13H,5-6,12H2,1H3/t13-/m1/s1. The molecular weight excluding hydrogens is 280 g/mol. The molecule has 2 rings (SSSR count). The van der Waals surface area contributed by atoms with Crippen molar-refractivity contribution in [2.45, 2.75) is 18.0 Å². The van der Waals surface area contributed by atoms with E-state index in [1.165, 1.54) is 0 Å². The normalized spacial score (nSPS) is 11.6. The number of hydrogen-bond acceptors (Lipinski definition) is 4. The van der Waals surface area contributed by atoms with E-state index in [9.17, 15) is 0 Å². The van der Waals surface area contributed by atoms with Gasteiger partial charge < -0.3 is 4.57 Å². The number of benzene rings is 1. The highest BCUT2D eigenvalue weighted by molar-refractivity contribution is 7.99. The van der Waals surface area contributed by atoms with E-state index in [2.05, 4.69) is 29.3 Å². The van der Waals surface area contributed by atoms with Crippen molar-refractivity contribution >= 4 is 11.8 Å². The monoisotopic (exact) mass is 296 g/mol. The van der Waals surface area contributed by atoms with Gasteiger partial charge in [-0.1, -0.05) is 42.1 Å². The van der Waals surface area contributed by atoms with Crippen LogP contribution in [0.3, 0.4) is 0 Å². The summed E-state index contributed by atoms with van der Waals surface area (Å²) < 4.78 is 2.04. The Morgan fingerprint density at radius 3 is 2.71 bits per heavy atom. The highest BCUT2D eigenvalue weighted by Gasteiger charge is 2.12. The number of hydrogen-bond donors (Lipinski definition) is 0. The SMILES string of the molecule is Cn1c(-c2ccccc2)cnc1SC[C@@H](C#N)CCC#N. The molecule has 0 N–H and O–H groups in total. The minimum atomic E-state index is -0.105. The molecule has 0 amide bonds. The lowest BCUT2D eigenvalue weighted by atomic mass is 10.1. The number of thioether (sulfide) groups is 1. The molecule has 0 radical (unpaired) electrons.